The number of benzene rings is 4. The zero-order chi connectivity index (χ0) is 24.9. The zero-order valence-electron chi connectivity index (χ0n) is 20.0. The number of furan rings is 1. The molecule has 1 N–H and O–H groups in total. The van der Waals surface area contributed by atoms with Crippen molar-refractivity contribution in [1.82, 2.24) is 4.90 Å². The Morgan fingerprint density at radius 2 is 1.61 bits per heavy atom. The maximum atomic E-state index is 13.5. The third-order valence-electron chi connectivity index (χ3n) is 6.06. The van der Waals surface area contributed by atoms with E-state index in [4.69, 9.17) is 13.9 Å². The van der Waals surface area contributed by atoms with Crippen LogP contribution in [0.3, 0.4) is 0 Å². The van der Waals surface area contributed by atoms with Crippen molar-refractivity contribution in [2.75, 3.05) is 20.3 Å². The SMILES string of the molecule is COc1ccccc1C(=O)N(Cc1ccccc1)C[C@H](O)COc1ccc2oc3ccccc3c2c1. The number of para-hydroxylation sites is 2. The lowest BCUT2D eigenvalue weighted by molar-refractivity contribution is 0.0480. The van der Waals surface area contributed by atoms with Crippen molar-refractivity contribution in [2.45, 2.75) is 12.6 Å². The molecule has 0 aliphatic heterocycles. The monoisotopic (exact) mass is 481 g/mol. The summed E-state index contributed by atoms with van der Waals surface area (Å²) in [6, 6.07) is 30.2. The van der Waals surface area contributed by atoms with E-state index in [1.165, 1.54) is 7.11 Å². The highest BCUT2D eigenvalue weighted by atomic mass is 16.5. The smallest absolute Gasteiger partial charge is 0.258 e. The van der Waals surface area contributed by atoms with Gasteiger partial charge in [-0.1, -0.05) is 60.7 Å². The molecule has 0 saturated heterocycles. The number of hydrogen-bond donors (Lipinski definition) is 1. The standard InChI is InChI=1S/C30H27NO5/c1-34-27-13-7-6-12-25(27)30(33)31(18-21-9-3-2-4-10-21)19-22(32)20-35-23-15-16-29-26(17-23)24-11-5-8-14-28(24)36-29/h2-17,22,32H,18-20H2,1H3/t22-/m0/s1. The molecule has 0 fully saturated rings. The van der Waals surface area contributed by atoms with Gasteiger partial charge in [0, 0.05) is 17.3 Å². The maximum Gasteiger partial charge on any atom is 0.258 e. The lowest BCUT2D eigenvalue weighted by atomic mass is 10.1. The van der Waals surface area contributed by atoms with Crippen molar-refractivity contribution in [3.8, 4) is 11.5 Å². The topological polar surface area (TPSA) is 72.1 Å². The predicted molar refractivity (Wildman–Crippen MR) is 139 cm³/mol. The molecule has 5 aromatic rings. The van der Waals surface area contributed by atoms with E-state index < -0.39 is 6.10 Å². The van der Waals surface area contributed by atoms with Crippen molar-refractivity contribution in [3.63, 3.8) is 0 Å². The molecule has 0 radical (unpaired) electrons. The Morgan fingerprint density at radius 3 is 2.44 bits per heavy atom. The molecular weight excluding hydrogens is 454 g/mol. The minimum atomic E-state index is -0.899. The van der Waals surface area contributed by atoms with E-state index >= 15 is 0 Å². The van der Waals surface area contributed by atoms with E-state index in [9.17, 15) is 9.90 Å². The molecular formula is C30H27NO5. The Kier molecular flexibility index (Phi) is 6.87. The molecule has 0 aliphatic carbocycles. The van der Waals surface area contributed by atoms with Crippen LogP contribution < -0.4 is 9.47 Å². The van der Waals surface area contributed by atoms with E-state index in [1.807, 2.05) is 78.9 Å². The summed E-state index contributed by atoms with van der Waals surface area (Å²) in [5, 5.41) is 12.8. The number of carbonyl (C=O) groups excluding carboxylic acids is 1. The van der Waals surface area contributed by atoms with Gasteiger partial charge in [-0.15, -0.1) is 0 Å². The number of rotatable bonds is 9. The Labute approximate surface area is 209 Å². The van der Waals surface area contributed by atoms with Crippen LogP contribution in [0.5, 0.6) is 11.5 Å². The van der Waals surface area contributed by atoms with Crippen molar-refractivity contribution >= 4 is 27.8 Å². The molecule has 0 aliphatic rings. The molecule has 5 rings (SSSR count). The third kappa shape index (κ3) is 5.04. The normalized spacial score (nSPS) is 11.9. The average Bonchev–Trinajstić information content (AvgIpc) is 3.29. The van der Waals surface area contributed by atoms with Crippen molar-refractivity contribution in [2.24, 2.45) is 0 Å². The van der Waals surface area contributed by atoms with Crippen molar-refractivity contribution in [1.29, 1.82) is 0 Å². The van der Waals surface area contributed by atoms with Gasteiger partial charge < -0.3 is 23.9 Å². The summed E-state index contributed by atoms with van der Waals surface area (Å²) < 4.78 is 17.2. The number of carbonyl (C=O) groups is 1. The fourth-order valence-electron chi connectivity index (χ4n) is 4.31. The predicted octanol–water partition coefficient (Wildman–Crippen LogP) is 5.68. The van der Waals surface area contributed by atoms with Crippen molar-refractivity contribution < 1.29 is 23.8 Å². The summed E-state index contributed by atoms with van der Waals surface area (Å²) in [5.74, 6) is 0.896. The van der Waals surface area contributed by atoms with E-state index in [0.29, 0.717) is 23.6 Å². The summed E-state index contributed by atoms with van der Waals surface area (Å²) in [5.41, 5.74) is 3.00. The molecule has 6 nitrogen and oxygen atoms in total. The van der Waals surface area contributed by atoms with Gasteiger partial charge in [0.1, 0.15) is 35.4 Å². The number of aliphatic hydroxyl groups excluding tert-OH is 1. The molecule has 0 saturated carbocycles. The second-order valence-electron chi connectivity index (χ2n) is 8.59. The minimum Gasteiger partial charge on any atom is -0.496 e. The van der Waals surface area contributed by atoms with Crippen LogP contribution in [0.4, 0.5) is 0 Å². The number of fused-ring (bicyclic) bond motifs is 3. The summed E-state index contributed by atoms with van der Waals surface area (Å²) >= 11 is 0. The van der Waals surface area contributed by atoms with E-state index in [-0.39, 0.29) is 19.1 Å². The fraction of sp³-hybridized carbons (Fsp3) is 0.167. The second kappa shape index (κ2) is 10.5. The third-order valence-corrected chi connectivity index (χ3v) is 6.06. The number of aliphatic hydroxyl groups is 1. The van der Waals surface area contributed by atoms with Gasteiger partial charge in [0.05, 0.1) is 19.2 Å². The van der Waals surface area contributed by atoms with Crippen LogP contribution in [-0.2, 0) is 6.54 Å². The van der Waals surface area contributed by atoms with Gasteiger partial charge in [0.25, 0.3) is 5.91 Å². The van der Waals surface area contributed by atoms with Gasteiger partial charge in [0.15, 0.2) is 0 Å². The first kappa shape index (κ1) is 23.5. The Morgan fingerprint density at radius 1 is 0.889 bits per heavy atom. The average molecular weight is 482 g/mol. The first-order valence-electron chi connectivity index (χ1n) is 11.8. The highest BCUT2D eigenvalue weighted by molar-refractivity contribution is 6.05. The van der Waals surface area contributed by atoms with Crippen LogP contribution in [0.15, 0.2) is 101 Å². The molecule has 0 unspecified atom stereocenters. The molecule has 182 valence electrons. The van der Waals surface area contributed by atoms with Gasteiger partial charge in [0.2, 0.25) is 0 Å². The zero-order valence-corrected chi connectivity index (χ0v) is 20.0. The van der Waals surface area contributed by atoms with Gasteiger partial charge >= 0.3 is 0 Å². The molecule has 0 bridgehead atoms. The highest BCUT2D eigenvalue weighted by Gasteiger charge is 2.23. The quantitative estimate of drug-likeness (QED) is 0.293. The van der Waals surface area contributed by atoms with Crippen LogP contribution in [0.1, 0.15) is 15.9 Å². The lowest BCUT2D eigenvalue weighted by Gasteiger charge is -2.26. The van der Waals surface area contributed by atoms with Crippen LogP contribution >= 0.6 is 0 Å². The van der Waals surface area contributed by atoms with Crippen LogP contribution in [0.2, 0.25) is 0 Å². The number of amides is 1. The van der Waals surface area contributed by atoms with Gasteiger partial charge in [-0.25, -0.2) is 0 Å². The molecule has 1 heterocycles. The maximum absolute atomic E-state index is 13.5. The molecule has 0 spiro atoms. The Bertz CT molecular complexity index is 1480. The van der Waals surface area contributed by atoms with Gasteiger partial charge in [-0.3, -0.25) is 4.79 Å². The summed E-state index contributed by atoms with van der Waals surface area (Å²) in [4.78, 5) is 15.1. The number of nitrogens with zero attached hydrogens (tertiary/aromatic N) is 1. The van der Waals surface area contributed by atoms with E-state index in [0.717, 1.165) is 27.5 Å². The Hall–Kier alpha value is -4.29. The summed E-state index contributed by atoms with van der Waals surface area (Å²) in [7, 11) is 1.54. The molecule has 4 aromatic carbocycles. The largest absolute Gasteiger partial charge is 0.496 e. The summed E-state index contributed by atoms with van der Waals surface area (Å²) in [6.07, 6.45) is -0.899. The Balaban J connectivity index is 1.32. The number of hydrogen-bond acceptors (Lipinski definition) is 5. The lowest BCUT2D eigenvalue weighted by Crippen LogP contribution is -2.39. The van der Waals surface area contributed by atoms with Crippen LogP contribution in [0.25, 0.3) is 21.9 Å². The molecule has 1 atom stereocenters. The van der Waals surface area contributed by atoms with Gasteiger partial charge in [-0.05, 0) is 42.0 Å². The molecule has 6 heteroatoms. The van der Waals surface area contributed by atoms with E-state index in [2.05, 4.69) is 0 Å². The second-order valence-corrected chi connectivity index (χ2v) is 8.59. The highest BCUT2D eigenvalue weighted by Crippen LogP contribution is 2.31. The summed E-state index contributed by atoms with van der Waals surface area (Å²) in [6.45, 7) is 0.482. The van der Waals surface area contributed by atoms with E-state index in [1.54, 1.807) is 23.1 Å². The number of methoxy groups -OCH3 is 1. The fourth-order valence-corrected chi connectivity index (χ4v) is 4.31. The minimum absolute atomic E-state index is 0.0335. The number of ether oxygens (including phenoxy) is 2. The van der Waals surface area contributed by atoms with Gasteiger partial charge in [-0.2, -0.15) is 0 Å². The first-order chi connectivity index (χ1) is 17.6. The van der Waals surface area contributed by atoms with Crippen LogP contribution in [-0.4, -0.2) is 42.3 Å². The first-order valence-corrected chi connectivity index (χ1v) is 11.8. The molecule has 1 amide bonds. The molecule has 36 heavy (non-hydrogen) atoms. The van der Waals surface area contributed by atoms with Crippen LogP contribution in [0, 0.1) is 0 Å². The molecule has 1 aromatic heterocycles. The van der Waals surface area contributed by atoms with Crippen molar-refractivity contribution in [3.05, 3.63) is 108 Å².